The molecule has 1 aromatic heterocycles. The Hall–Kier alpha value is -2.90. The van der Waals surface area contributed by atoms with E-state index >= 15 is 0 Å². The number of aliphatic carboxylic acids is 1. The van der Waals surface area contributed by atoms with Gasteiger partial charge in [0.1, 0.15) is 6.04 Å². The summed E-state index contributed by atoms with van der Waals surface area (Å²) in [4.78, 5) is 35.9. The Morgan fingerprint density at radius 1 is 1.30 bits per heavy atom. The lowest BCUT2D eigenvalue weighted by atomic mass is 10.2. The van der Waals surface area contributed by atoms with Gasteiger partial charge < -0.3 is 15.7 Å². The van der Waals surface area contributed by atoms with Gasteiger partial charge in [-0.3, -0.25) is 14.3 Å². The molecule has 1 aliphatic rings. The van der Waals surface area contributed by atoms with Crippen molar-refractivity contribution in [1.82, 2.24) is 14.7 Å². The quantitative estimate of drug-likeness (QED) is 0.817. The summed E-state index contributed by atoms with van der Waals surface area (Å²) < 4.78 is 1.58. The molecule has 8 heteroatoms. The van der Waals surface area contributed by atoms with E-state index < -0.39 is 17.9 Å². The number of hydrogen-bond acceptors (Lipinski definition) is 4. The van der Waals surface area contributed by atoms with E-state index in [4.69, 9.17) is 10.8 Å². The molecule has 8 nitrogen and oxygen atoms in total. The fraction of sp³-hybridized carbons (Fsp3) is 0.333. The molecule has 0 unspecified atom stereocenters. The number of carboxylic acids is 1. The van der Waals surface area contributed by atoms with Crippen LogP contribution in [0.15, 0.2) is 24.3 Å². The first kappa shape index (κ1) is 15.0. The van der Waals surface area contributed by atoms with Crippen LogP contribution in [0.1, 0.15) is 23.3 Å². The molecule has 0 aliphatic carbocycles. The average molecular weight is 316 g/mol. The van der Waals surface area contributed by atoms with E-state index in [-0.39, 0.29) is 24.6 Å². The van der Waals surface area contributed by atoms with Crippen LogP contribution in [-0.2, 0) is 16.1 Å². The van der Waals surface area contributed by atoms with Crippen LogP contribution < -0.4 is 5.73 Å². The zero-order valence-electron chi connectivity index (χ0n) is 12.3. The van der Waals surface area contributed by atoms with Gasteiger partial charge in [-0.2, -0.15) is 5.10 Å². The Morgan fingerprint density at radius 2 is 2.04 bits per heavy atom. The number of carbonyl (C=O) groups is 3. The zero-order valence-corrected chi connectivity index (χ0v) is 12.3. The molecule has 120 valence electrons. The van der Waals surface area contributed by atoms with E-state index in [9.17, 15) is 14.4 Å². The number of fused-ring (bicyclic) bond motifs is 1. The molecule has 2 heterocycles. The number of hydrogen-bond donors (Lipinski definition) is 2. The summed E-state index contributed by atoms with van der Waals surface area (Å²) in [5.41, 5.74) is 6.23. The lowest BCUT2D eigenvalue weighted by molar-refractivity contribution is -0.146. The molecule has 1 aromatic carbocycles. The normalized spacial score (nSPS) is 17.8. The van der Waals surface area contributed by atoms with Crippen LogP contribution in [0.2, 0.25) is 0 Å². The van der Waals surface area contributed by atoms with Crippen LogP contribution in [0, 0.1) is 0 Å². The first-order valence-corrected chi connectivity index (χ1v) is 7.26. The van der Waals surface area contributed by atoms with Crippen molar-refractivity contribution in [2.24, 2.45) is 5.73 Å². The molecule has 1 fully saturated rings. The molecule has 2 aromatic rings. The topological polar surface area (TPSA) is 119 Å². The zero-order chi connectivity index (χ0) is 16.6. The molecule has 1 saturated heterocycles. The van der Waals surface area contributed by atoms with Gasteiger partial charge in [0.2, 0.25) is 5.91 Å². The van der Waals surface area contributed by atoms with Gasteiger partial charge in [-0.15, -0.1) is 0 Å². The molecule has 1 aliphatic heterocycles. The standard InChI is InChI=1S/C15H16N4O4/c16-14(21)13-9-3-1-2-4-10(9)19(17-13)8-7-18-11(15(22)23)5-6-12(18)20/h1-4,11H,5-8H2,(H2,16,21)(H,22,23)/t11-/m0/s1. The second kappa shape index (κ2) is 5.71. The van der Waals surface area contributed by atoms with Crippen molar-refractivity contribution in [3.63, 3.8) is 0 Å². The summed E-state index contributed by atoms with van der Waals surface area (Å²) in [6.07, 6.45) is 0.559. The van der Waals surface area contributed by atoms with Crippen molar-refractivity contribution in [3.8, 4) is 0 Å². The highest BCUT2D eigenvalue weighted by Gasteiger charge is 2.35. The van der Waals surface area contributed by atoms with E-state index in [1.165, 1.54) is 4.90 Å². The van der Waals surface area contributed by atoms with Crippen molar-refractivity contribution in [2.45, 2.75) is 25.4 Å². The largest absolute Gasteiger partial charge is 0.480 e. The lowest BCUT2D eigenvalue weighted by Gasteiger charge is -2.21. The fourth-order valence-electron chi connectivity index (χ4n) is 2.95. The maximum absolute atomic E-state index is 11.8. The molecule has 3 N–H and O–H groups in total. The predicted molar refractivity (Wildman–Crippen MR) is 80.6 cm³/mol. The van der Waals surface area contributed by atoms with Crippen molar-refractivity contribution >= 4 is 28.7 Å². The van der Waals surface area contributed by atoms with Crippen molar-refractivity contribution < 1.29 is 19.5 Å². The minimum Gasteiger partial charge on any atom is -0.480 e. The highest BCUT2D eigenvalue weighted by atomic mass is 16.4. The van der Waals surface area contributed by atoms with Gasteiger partial charge in [0.05, 0.1) is 12.1 Å². The van der Waals surface area contributed by atoms with Gasteiger partial charge in [0, 0.05) is 18.4 Å². The molecule has 0 radical (unpaired) electrons. The molecular formula is C15H16N4O4. The van der Waals surface area contributed by atoms with E-state index in [1.807, 2.05) is 6.07 Å². The number of rotatable bonds is 5. The number of carbonyl (C=O) groups excluding carboxylic acids is 2. The van der Waals surface area contributed by atoms with Gasteiger partial charge in [0.15, 0.2) is 5.69 Å². The Labute approximate surface area is 131 Å². The Balaban J connectivity index is 1.86. The third-order valence-electron chi connectivity index (χ3n) is 4.06. The van der Waals surface area contributed by atoms with Crippen LogP contribution in [0.25, 0.3) is 10.9 Å². The number of nitrogens with two attached hydrogens (primary N) is 1. The van der Waals surface area contributed by atoms with Gasteiger partial charge in [-0.1, -0.05) is 18.2 Å². The number of carboxylic acid groups (broad SMARTS) is 1. The maximum atomic E-state index is 11.8. The first-order chi connectivity index (χ1) is 11.0. The third-order valence-corrected chi connectivity index (χ3v) is 4.06. The minimum atomic E-state index is -1.00. The Morgan fingerprint density at radius 3 is 2.74 bits per heavy atom. The number of benzene rings is 1. The van der Waals surface area contributed by atoms with Gasteiger partial charge >= 0.3 is 5.97 Å². The molecule has 0 bridgehead atoms. The van der Waals surface area contributed by atoms with Crippen LogP contribution in [0.4, 0.5) is 0 Å². The lowest BCUT2D eigenvalue weighted by Crippen LogP contribution is -2.40. The molecule has 2 amide bonds. The van der Waals surface area contributed by atoms with E-state index in [0.717, 1.165) is 5.52 Å². The summed E-state index contributed by atoms with van der Waals surface area (Å²) in [5.74, 6) is -1.80. The second-order valence-corrected chi connectivity index (χ2v) is 5.43. The Kier molecular flexibility index (Phi) is 3.73. The van der Waals surface area contributed by atoms with Gasteiger partial charge in [0.25, 0.3) is 5.91 Å². The monoisotopic (exact) mass is 316 g/mol. The number of amides is 2. The molecule has 0 spiro atoms. The molecule has 1 atom stereocenters. The second-order valence-electron chi connectivity index (χ2n) is 5.43. The van der Waals surface area contributed by atoms with Gasteiger partial charge in [-0.05, 0) is 12.5 Å². The molecular weight excluding hydrogens is 300 g/mol. The summed E-state index contributed by atoms with van der Waals surface area (Å²) in [5, 5.41) is 14.0. The highest BCUT2D eigenvalue weighted by molar-refractivity contribution is 6.04. The minimum absolute atomic E-state index is 0.170. The summed E-state index contributed by atoms with van der Waals surface area (Å²) in [6, 6.07) is 6.35. The fourth-order valence-corrected chi connectivity index (χ4v) is 2.95. The number of aromatic nitrogens is 2. The van der Waals surface area contributed by atoms with Crippen LogP contribution >= 0.6 is 0 Å². The Bertz CT molecular complexity index is 798. The summed E-state index contributed by atoms with van der Waals surface area (Å²) >= 11 is 0. The number of primary amides is 1. The van der Waals surface area contributed by atoms with Crippen molar-refractivity contribution in [1.29, 1.82) is 0 Å². The van der Waals surface area contributed by atoms with Crippen LogP contribution in [-0.4, -0.2) is 50.2 Å². The average Bonchev–Trinajstić information content (AvgIpc) is 3.06. The van der Waals surface area contributed by atoms with Gasteiger partial charge in [-0.25, -0.2) is 4.79 Å². The van der Waals surface area contributed by atoms with E-state index in [0.29, 0.717) is 18.4 Å². The number of nitrogens with zero attached hydrogens (tertiary/aromatic N) is 3. The summed E-state index contributed by atoms with van der Waals surface area (Å²) in [7, 11) is 0. The van der Waals surface area contributed by atoms with Crippen LogP contribution in [0.3, 0.4) is 0 Å². The molecule has 23 heavy (non-hydrogen) atoms. The number of para-hydroxylation sites is 1. The third kappa shape index (κ3) is 2.63. The maximum Gasteiger partial charge on any atom is 0.326 e. The van der Waals surface area contributed by atoms with E-state index in [1.54, 1.807) is 22.9 Å². The summed E-state index contributed by atoms with van der Waals surface area (Å²) in [6.45, 7) is 0.517. The van der Waals surface area contributed by atoms with Crippen molar-refractivity contribution in [3.05, 3.63) is 30.0 Å². The molecule has 3 rings (SSSR count). The smallest absolute Gasteiger partial charge is 0.326 e. The first-order valence-electron chi connectivity index (χ1n) is 7.26. The molecule has 0 saturated carbocycles. The van der Waals surface area contributed by atoms with Crippen LogP contribution in [0.5, 0.6) is 0 Å². The number of likely N-dealkylation sites (tertiary alicyclic amines) is 1. The highest BCUT2D eigenvalue weighted by Crippen LogP contribution is 2.21. The predicted octanol–water partition coefficient (Wildman–Crippen LogP) is 0.211. The van der Waals surface area contributed by atoms with Crippen molar-refractivity contribution in [2.75, 3.05) is 6.54 Å². The van der Waals surface area contributed by atoms with E-state index in [2.05, 4.69) is 5.10 Å². The SMILES string of the molecule is NC(=O)c1nn(CCN2C(=O)CC[C@H]2C(=O)O)c2ccccc12.